The summed E-state index contributed by atoms with van der Waals surface area (Å²) in [7, 11) is 1.87. The Morgan fingerprint density at radius 1 is 1.05 bits per heavy atom. The van der Waals surface area contributed by atoms with Crippen LogP contribution in [-0.2, 0) is 20.8 Å². The van der Waals surface area contributed by atoms with Crippen molar-refractivity contribution in [3.63, 3.8) is 0 Å². The Bertz CT molecular complexity index is 1420. The van der Waals surface area contributed by atoms with Crippen molar-refractivity contribution in [1.29, 1.82) is 0 Å². The third-order valence-electron chi connectivity index (χ3n) is 6.46. The van der Waals surface area contributed by atoms with Gasteiger partial charge in [0.05, 0.1) is 17.0 Å². The largest absolute Gasteiger partial charge is 0.481 e. The van der Waals surface area contributed by atoms with Crippen molar-refractivity contribution >= 4 is 46.1 Å². The summed E-state index contributed by atoms with van der Waals surface area (Å²) in [6.07, 6.45) is 1.12. The molecule has 0 aliphatic carbocycles. The molecule has 0 atom stereocenters. The molecule has 8 nitrogen and oxygen atoms in total. The molecule has 1 heterocycles. The Hall–Kier alpha value is -4.50. The predicted molar refractivity (Wildman–Crippen MR) is 151 cm³/mol. The summed E-state index contributed by atoms with van der Waals surface area (Å²) in [6, 6.07) is 18.8. The second kappa shape index (κ2) is 12.4. The lowest BCUT2D eigenvalue weighted by Gasteiger charge is -2.22. The van der Waals surface area contributed by atoms with Crippen LogP contribution in [0, 0.1) is 5.82 Å². The molecule has 0 saturated heterocycles. The van der Waals surface area contributed by atoms with Crippen molar-refractivity contribution in [1.82, 2.24) is 5.32 Å². The molecule has 1 aliphatic heterocycles. The van der Waals surface area contributed by atoms with Crippen LogP contribution in [0.3, 0.4) is 0 Å². The zero-order valence-corrected chi connectivity index (χ0v) is 21.9. The molecule has 4 N–H and O–H groups in total. The van der Waals surface area contributed by atoms with E-state index >= 15 is 0 Å². The first-order valence-electron chi connectivity index (χ1n) is 12.7. The van der Waals surface area contributed by atoms with Crippen molar-refractivity contribution in [3.8, 4) is 0 Å². The van der Waals surface area contributed by atoms with Gasteiger partial charge < -0.3 is 26.0 Å². The van der Waals surface area contributed by atoms with Crippen molar-refractivity contribution in [2.24, 2.45) is 0 Å². The zero-order chi connectivity index (χ0) is 27.9. The van der Waals surface area contributed by atoms with Crippen LogP contribution in [0.25, 0.3) is 11.3 Å². The molecule has 0 fully saturated rings. The molecule has 0 radical (unpaired) electrons. The topological polar surface area (TPSA) is 111 Å². The SMILES string of the molecule is CNCCCN(C(C)=O)c1ccc(NC(=C2C(=O)Nc3cc(F)ccc32)c2cccc(CCC(=O)O)c2)cc1. The fourth-order valence-corrected chi connectivity index (χ4v) is 4.56. The number of aryl methyl sites for hydroxylation is 1. The highest BCUT2D eigenvalue weighted by atomic mass is 19.1. The quantitative estimate of drug-likeness (QED) is 0.211. The van der Waals surface area contributed by atoms with Gasteiger partial charge in [-0.1, -0.05) is 18.2 Å². The summed E-state index contributed by atoms with van der Waals surface area (Å²) in [5.41, 5.74) is 4.72. The lowest BCUT2D eigenvalue weighted by Crippen LogP contribution is -2.31. The van der Waals surface area contributed by atoms with Crippen molar-refractivity contribution < 1.29 is 23.9 Å². The van der Waals surface area contributed by atoms with Gasteiger partial charge >= 0.3 is 5.97 Å². The number of anilines is 3. The van der Waals surface area contributed by atoms with Gasteiger partial charge in [0.1, 0.15) is 5.82 Å². The van der Waals surface area contributed by atoms with E-state index in [2.05, 4.69) is 16.0 Å². The van der Waals surface area contributed by atoms with Gasteiger partial charge in [-0.25, -0.2) is 4.39 Å². The highest BCUT2D eigenvalue weighted by Gasteiger charge is 2.29. The summed E-state index contributed by atoms with van der Waals surface area (Å²) in [5.74, 6) is -1.79. The number of carboxylic acids is 1. The number of rotatable bonds is 11. The van der Waals surface area contributed by atoms with E-state index in [1.54, 1.807) is 11.0 Å². The molecule has 9 heteroatoms. The maximum absolute atomic E-state index is 13.9. The lowest BCUT2D eigenvalue weighted by molar-refractivity contribution is -0.137. The van der Waals surface area contributed by atoms with Gasteiger partial charge in [0.15, 0.2) is 0 Å². The first-order valence-corrected chi connectivity index (χ1v) is 12.7. The van der Waals surface area contributed by atoms with E-state index in [4.69, 9.17) is 5.11 Å². The summed E-state index contributed by atoms with van der Waals surface area (Å²) in [6.45, 7) is 2.90. The average Bonchev–Trinajstić information content (AvgIpc) is 3.23. The number of hydrogen-bond donors (Lipinski definition) is 4. The number of carbonyl (C=O) groups excluding carboxylic acids is 2. The predicted octanol–water partition coefficient (Wildman–Crippen LogP) is 4.74. The van der Waals surface area contributed by atoms with Gasteiger partial charge in [-0.2, -0.15) is 0 Å². The maximum Gasteiger partial charge on any atom is 0.303 e. The highest BCUT2D eigenvalue weighted by molar-refractivity contribution is 6.37. The summed E-state index contributed by atoms with van der Waals surface area (Å²) >= 11 is 0. The first kappa shape index (κ1) is 27.5. The smallest absolute Gasteiger partial charge is 0.303 e. The molecule has 0 unspecified atom stereocenters. The molecule has 202 valence electrons. The van der Waals surface area contributed by atoms with Crippen LogP contribution < -0.4 is 20.9 Å². The molecule has 3 aromatic carbocycles. The van der Waals surface area contributed by atoms with E-state index in [1.165, 1.54) is 19.1 Å². The third kappa shape index (κ3) is 6.69. The van der Waals surface area contributed by atoms with Crippen LogP contribution in [0.15, 0.2) is 66.7 Å². The highest BCUT2D eigenvalue weighted by Crippen LogP contribution is 2.38. The normalized spacial score (nSPS) is 13.5. The van der Waals surface area contributed by atoms with E-state index in [0.29, 0.717) is 46.7 Å². The molecular formula is C30H31FN4O4. The molecule has 0 aromatic heterocycles. The van der Waals surface area contributed by atoms with Gasteiger partial charge in [-0.05, 0) is 86.1 Å². The summed E-state index contributed by atoms with van der Waals surface area (Å²) in [5, 5.41) is 18.3. The van der Waals surface area contributed by atoms with E-state index in [1.807, 2.05) is 55.6 Å². The number of carbonyl (C=O) groups is 3. The minimum absolute atomic E-state index is 0.0200. The Balaban J connectivity index is 1.73. The van der Waals surface area contributed by atoms with Crippen LogP contribution in [-0.4, -0.2) is 43.0 Å². The number of nitrogens with zero attached hydrogens (tertiary/aromatic N) is 1. The fourth-order valence-electron chi connectivity index (χ4n) is 4.56. The Morgan fingerprint density at radius 2 is 1.82 bits per heavy atom. The molecule has 0 saturated carbocycles. The molecular weight excluding hydrogens is 499 g/mol. The second-order valence-electron chi connectivity index (χ2n) is 9.29. The van der Waals surface area contributed by atoms with Crippen molar-refractivity contribution in [2.45, 2.75) is 26.2 Å². The molecule has 3 aromatic rings. The van der Waals surface area contributed by atoms with Gasteiger partial charge in [-0.15, -0.1) is 0 Å². The number of hydrogen-bond acceptors (Lipinski definition) is 5. The monoisotopic (exact) mass is 530 g/mol. The maximum atomic E-state index is 13.9. The average molecular weight is 531 g/mol. The number of aliphatic carboxylic acids is 1. The van der Waals surface area contributed by atoms with Crippen LogP contribution >= 0.6 is 0 Å². The summed E-state index contributed by atoms with van der Waals surface area (Å²) < 4.78 is 13.9. The van der Waals surface area contributed by atoms with Crippen molar-refractivity contribution in [3.05, 3.63) is 89.2 Å². The van der Waals surface area contributed by atoms with Crippen LogP contribution in [0.1, 0.15) is 36.5 Å². The van der Waals surface area contributed by atoms with E-state index in [9.17, 15) is 18.8 Å². The van der Waals surface area contributed by atoms with Crippen LogP contribution in [0.5, 0.6) is 0 Å². The number of halogens is 1. The molecule has 2 amide bonds. The second-order valence-corrected chi connectivity index (χ2v) is 9.29. The standard InChI is InChI=1S/C30H31FN4O4/c1-19(36)35(16-4-15-32-2)24-11-9-23(10-12-24)33-29(21-6-3-5-20(17-21)7-14-27(37)38)28-25-13-8-22(31)18-26(25)34-30(28)39/h3,5-6,8-13,17-18,32-33H,4,7,14-16H2,1-2H3,(H,34,39)(H,37,38). The number of carboxylic acid groups (broad SMARTS) is 1. The summed E-state index contributed by atoms with van der Waals surface area (Å²) in [4.78, 5) is 38.2. The lowest BCUT2D eigenvalue weighted by atomic mass is 9.97. The molecule has 4 rings (SSSR count). The zero-order valence-electron chi connectivity index (χ0n) is 21.9. The van der Waals surface area contributed by atoms with Crippen LogP contribution in [0.4, 0.5) is 21.5 Å². The van der Waals surface area contributed by atoms with Crippen molar-refractivity contribution in [2.75, 3.05) is 35.7 Å². The fraction of sp³-hybridized carbons (Fsp3) is 0.233. The minimum Gasteiger partial charge on any atom is -0.481 e. The van der Waals surface area contributed by atoms with E-state index in [-0.39, 0.29) is 18.2 Å². The number of amides is 2. The van der Waals surface area contributed by atoms with E-state index in [0.717, 1.165) is 24.2 Å². The number of benzene rings is 3. The Kier molecular flexibility index (Phi) is 8.73. The van der Waals surface area contributed by atoms with Gasteiger partial charge in [0, 0.05) is 36.8 Å². The van der Waals surface area contributed by atoms with Gasteiger partial charge in [0.2, 0.25) is 5.91 Å². The Labute approximate surface area is 226 Å². The van der Waals surface area contributed by atoms with Gasteiger partial charge in [0.25, 0.3) is 5.91 Å². The minimum atomic E-state index is -0.895. The van der Waals surface area contributed by atoms with Crippen LogP contribution in [0.2, 0.25) is 0 Å². The third-order valence-corrected chi connectivity index (χ3v) is 6.46. The van der Waals surface area contributed by atoms with Gasteiger partial charge in [-0.3, -0.25) is 14.4 Å². The number of nitrogens with one attached hydrogen (secondary N) is 3. The first-order chi connectivity index (χ1) is 18.8. The van der Waals surface area contributed by atoms with E-state index < -0.39 is 11.8 Å². The number of fused-ring (bicyclic) bond motifs is 1. The molecule has 1 aliphatic rings. The molecule has 39 heavy (non-hydrogen) atoms. The molecule has 0 spiro atoms. The Morgan fingerprint density at radius 3 is 2.51 bits per heavy atom. The molecule has 0 bridgehead atoms.